The van der Waals surface area contributed by atoms with E-state index in [9.17, 15) is 4.79 Å². The average Bonchev–Trinajstić information content (AvgIpc) is 3.17. The fraction of sp³-hybridized carbons (Fsp3) is 0.211. The van der Waals surface area contributed by atoms with Crippen LogP contribution in [0.1, 0.15) is 15.2 Å². The first-order valence-corrected chi connectivity index (χ1v) is 9.18. The van der Waals surface area contributed by atoms with Gasteiger partial charge in [0.05, 0.1) is 15.4 Å². The first-order valence-electron chi connectivity index (χ1n) is 8.37. The van der Waals surface area contributed by atoms with Gasteiger partial charge in [0, 0.05) is 25.6 Å². The van der Waals surface area contributed by atoms with Crippen molar-refractivity contribution in [3.63, 3.8) is 0 Å². The van der Waals surface area contributed by atoms with Crippen molar-refractivity contribution in [3.8, 4) is 10.6 Å². The molecule has 0 aliphatic heterocycles. The predicted octanol–water partition coefficient (Wildman–Crippen LogP) is 2.82. The van der Waals surface area contributed by atoms with E-state index in [4.69, 9.17) is 9.84 Å². The van der Waals surface area contributed by atoms with Gasteiger partial charge in [0.1, 0.15) is 6.73 Å². The Hall–Kier alpha value is -2.81. The van der Waals surface area contributed by atoms with Crippen LogP contribution in [-0.2, 0) is 11.2 Å². The van der Waals surface area contributed by atoms with Gasteiger partial charge in [-0.1, -0.05) is 12.1 Å². The summed E-state index contributed by atoms with van der Waals surface area (Å²) in [5.74, 6) is 0.286. The quantitative estimate of drug-likeness (QED) is 0.517. The van der Waals surface area contributed by atoms with Crippen LogP contribution in [-0.4, -0.2) is 41.4 Å². The molecule has 0 saturated heterocycles. The fourth-order valence-corrected chi connectivity index (χ4v) is 3.33. The molecule has 0 aliphatic carbocycles. The smallest absolute Gasteiger partial charge is 0.263 e. The lowest BCUT2D eigenvalue weighted by Crippen LogP contribution is -2.24. The second-order valence-corrected chi connectivity index (χ2v) is 6.75. The number of anilines is 2. The third-order valence-corrected chi connectivity index (χ3v) is 4.81. The Kier molecular flexibility index (Phi) is 6.48. The Morgan fingerprint density at radius 2 is 2.15 bits per heavy atom. The first kappa shape index (κ1) is 19.0. The zero-order chi connectivity index (χ0) is 19.1. The lowest BCUT2D eigenvalue weighted by Gasteiger charge is -2.07. The van der Waals surface area contributed by atoms with Gasteiger partial charge in [-0.25, -0.2) is 9.97 Å². The third kappa shape index (κ3) is 5.10. The number of ether oxygens (including phenoxy) is 1. The normalized spacial score (nSPS) is 10.6. The number of aliphatic hydroxyl groups excluding tert-OH is 1. The van der Waals surface area contributed by atoms with Gasteiger partial charge < -0.3 is 20.5 Å². The maximum atomic E-state index is 12.0. The highest BCUT2D eigenvalue weighted by Gasteiger charge is 2.11. The number of carbonyl (C=O) groups is 1. The molecule has 0 saturated carbocycles. The maximum Gasteiger partial charge on any atom is 0.263 e. The number of benzene rings is 1. The molecule has 27 heavy (non-hydrogen) atoms. The van der Waals surface area contributed by atoms with Crippen molar-refractivity contribution in [2.75, 3.05) is 25.8 Å². The van der Waals surface area contributed by atoms with Gasteiger partial charge in [-0.3, -0.25) is 4.79 Å². The molecular formula is C19H20N4O3S. The summed E-state index contributed by atoms with van der Waals surface area (Å²) in [5.41, 5.74) is 2.61. The second kappa shape index (κ2) is 9.22. The highest BCUT2D eigenvalue weighted by molar-refractivity contribution is 7.17. The van der Waals surface area contributed by atoms with E-state index in [0.717, 1.165) is 21.8 Å². The molecule has 2 heterocycles. The summed E-state index contributed by atoms with van der Waals surface area (Å²) in [6, 6.07) is 13.2. The molecule has 1 amide bonds. The summed E-state index contributed by atoms with van der Waals surface area (Å²) in [6.45, 7) is 0.275. The Labute approximate surface area is 161 Å². The van der Waals surface area contributed by atoms with Crippen LogP contribution >= 0.6 is 11.3 Å². The molecule has 3 N–H and O–H groups in total. The molecule has 2 aromatic heterocycles. The number of hydrogen-bond donors (Lipinski definition) is 3. The number of methoxy groups -OCH3 is 1. The summed E-state index contributed by atoms with van der Waals surface area (Å²) < 4.78 is 4.85. The van der Waals surface area contributed by atoms with E-state index in [1.165, 1.54) is 18.4 Å². The molecule has 140 valence electrons. The fourth-order valence-electron chi connectivity index (χ4n) is 2.44. The molecule has 3 rings (SSSR count). The number of aliphatic hydroxyl groups is 1. The number of nitrogens with zero attached hydrogens (tertiary/aromatic N) is 2. The van der Waals surface area contributed by atoms with Crippen molar-refractivity contribution < 1.29 is 14.6 Å². The average molecular weight is 384 g/mol. The van der Waals surface area contributed by atoms with E-state index in [2.05, 4.69) is 20.6 Å². The summed E-state index contributed by atoms with van der Waals surface area (Å²) in [7, 11) is 1.52. The summed E-state index contributed by atoms with van der Waals surface area (Å²) >= 11 is 1.36. The van der Waals surface area contributed by atoms with Crippen LogP contribution in [0.5, 0.6) is 0 Å². The Morgan fingerprint density at radius 1 is 1.26 bits per heavy atom. The van der Waals surface area contributed by atoms with Gasteiger partial charge >= 0.3 is 0 Å². The van der Waals surface area contributed by atoms with E-state index < -0.39 is 0 Å². The van der Waals surface area contributed by atoms with Gasteiger partial charge in [-0.15, -0.1) is 11.3 Å². The van der Waals surface area contributed by atoms with E-state index in [1.807, 2.05) is 30.3 Å². The second-order valence-electron chi connectivity index (χ2n) is 5.67. The molecule has 0 aliphatic rings. The lowest BCUT2D eigenvalue weighted by molar-refractivity contribution is 0.0876. The number of aromatic nitrogens is 2. The van der Waals surface area contributed by atoms with E-state index in [-0.39, 0.29) is 19.2 Å². The standard InChI is InChI=1S/C19H20N4O3S/c1-26-12-21-18(25)17-6-5-16(27-17)15-7-9-20-19(23-15)22-14-4-2-3-13(11-14)8-10-24/h2-7,9,11,24H,8,10,12H2,1H3,(H,21,25)(H,20,22,23). The first-order chi connectivity index (χ1) is 13.2. The monoisotopic (exact) mass is 384 g/mol. The van der Waals surface area contributed by atoms with Crippen LogP contribution in [0.25, 0.3) is 10.6 Å². The van der Waals surface area contributed by atoms with Crippen LogP contribution in [0.2, 0.25) is 0 Å². The van der Waals surface area contributed by atoms with Crippen LogP contribution < -0.4 is 10.6 Å². The Balaban J connectivity index is 1.75. The van der Waals surface area contributed by atoms with Crippen molar-refractivity contribution in [1.82, 2.24) is 15.3 Å². The highest BCUT2D eigenvalue weighted by atomic mass is 32.1. The Morgan fingerprint density at radius 3 is 2.96 bits per heavy atom. The van der Waals surface area contributed by atoms with Gasteiger partial charge in [0.2, 0.25) is 5.95 Å². The number of carbonyl (C=O) groups excluding carboxylic acids is 1. The molecule has 1 aromatic carbocycles. The van der Waals surface area contributed by atoms with Crippen molar-refractivity contribution in [2.45, 2.75) is 6.42 Å². The largest absolute Gasteiger partial charge is 0.396 e. The maximum absolute atomic E-state index is 12.0. The minimum absolute atomic E-state index is 0.105. The molecule has 0 radical (unpaired) electrons. The zero-order valence-corrected chi connectivity index (χ0v) is 15.6. The molecule has 3 aromatic rings. The number of amides is 1. The Bertz CT molecular complexity index is 913. The number of rotatable bonds is 8. The summed E-state index contributed by atoms with van der Waals surface area (Å²) in [6.07, 6.45) is 2.27. The van der Waals surface area contributed by atoms with Gasteiger partial charge in [-0.2, -0.15) is 0 Å². The SMILES string of the molecule is COCNC(=O)c1ccc(-c2ccnc(Nc3cccc(CCO)c3)n2)s1. The molecule has 0 atom stereocenters. The molecule has 7 nitrogen and oxygen atoms in total. The number of thiophene rings is 1. The summed E-state index contributed by atoms with van der Waals surface area (Å²) in [4.78, 5) is 22.2. The highest BCUT2D eigenvalue weighted by Crippen LogP contribution is 2.27. The predicted molar refractivity (Wildman–Crippen MR) is 105 cm³/mol. The lowest BCUT2D eigenvalue weighted by atomic mass is 10.1. The molecule has 0 fully saturated rings. The number of hydrogen-bond acceptors (Lipinski definition) is 7. The molecule has 0 unspecified atom stereocenters. The summed E-state index contributed by atoms with van der Waals surface area (Å²) in [5, 5.41) is 14.9. The van der Waals surface area contributed by atoms with Crippen molar-refractivity contribution in [1.29, 1.82) is 0 Å². The topological polar surface area (TPSA) is 96.4 Å². The minimum atomic E-state index is -0.179. The van der Waals surface area contributed by atoms with Gasteiger partial charge in [-0.05, 0) is 42.3 Å². The van der Waals surface area contributed by atoms with Crippen LogP contribution in [0.4, 0.5) is 11.6 Å². The van der Waals surface area contributed by atoms with Crippen molar-refractivity contribution >= 4 is 28.9 Å². The van der Waals surface area contributed by atoms with E-state index >= 15 is 0 Å². The van der Waals surface area contributed by atoms with Gasteiger partial charge in [0.15, 0.2) is 0 Å². The third-order valence-electron chi connectivity index (χ3n) is 3.70. The van der Waals surface area contributed by atoms with Crippen LogP contribution in [0.3, 0.4) is 0 Å². The number of nitrogens with one attached hydrogen (secondary N) is 2. The molecule has 0 bridgehead atoms. The van der Waals surface area contributed by atoms with Gasteiger partial charge in [0.25, 0.3) is 5.91 Å². The van der Waals surface area contributed by atoms with Crippen LogP contribution in [0, 0.1) is 0 Å². The van der Waals surface area contributed by atoms with Crippen molar-refractivity contribution in [3.05, 3.63) is 59.1 Å². The van der Waals surface area contributed by atoms with E-state index in [0.29, 0.717) is 17.2 Å². The molecule has 8 heteroatoms. The molecule has 0 spiro atoms. The van der Waals surface area contributed by atoms with Crippen LogP contribution in [0.15, 0.2) is 48.7 Å². The molecular weight excluding hydrogens is 364 g/mol. The minimum Gasteiger partial charge on any atom is -0.396 e. The zero-order valence-electron chi connectivity index (χ0n) is 14.8. The van der Waals surface area contributed by atoms with Crippen molar-refractivity contribution in [2.24, 2.45) is 0 Å². The van der Waals surface area contributed by atoms with E-state index in [1.54, 1.807) is 18.3 Å².